The Labute approximate surface area is 344 Å². The number of aliphatic hydroxyl groups excluding tert-OH is 5. The summed E-state index contributed by atoms with van der Waals surface area (Å²) in [5, 5.41) is 54.2. The highest BCUT2D eigenvalue weighted by Gasteiger charge is 2.44. The first-order valence-electron chi connectivity index (χ1n) is 23.9. The lowest BCUT2D eigenvalue weighted by molar-refractivity contribution is -0.302. The van der Waals surface area contributed by atoms with Gasteiger partial charge in [0.25, 0.3) is 0 Å². The van der Waals surface area contributed by atoms with Crippen molar-refractivity contribution in [2.75, 3.05) is 13.2 Å². The second-order valence-corrected chi connectivity index (χ2v) is 16.9. The van der Waals surface area contributed by atoms with Crippen molar-refractivity contribution in [1.82, 2.24) is 5.32 Å². The van der Waals surface area contributed by atoms with Crippen molar-refractivity contribution in [2.45, 2.75) is 269 Å². The molecule has 332 valence electrons. The predicted octanol–water partition coefficient (Wildman–Crippen LogP) is 10.1. The molecule has 0 aromatic rings. The van der Waals surface area contributed by atoms with Crippen LogP contribution in [0.15, 0.2) is 12.2 Å². The van der Waals surface area contributed by atoms with Crippen LogP contribution in [0.5, 0.6) is 0 Å². The number of amides is 1. The highest BCUT2D eigenvalue weighted by Crippen LogP contribution is 2.23. The normalized spacial score (nSPS) is 21.2. The summed E-state index contributed by atoms with van der Waals surface area (Å²) in [4.78, 5) is 13.0. The van der Waals surface area contributed by atoms with E-state index in [2.05, 4.69) is 19.2 Å². The van der Waals surface area contributed by atoms with Crippen LogP contribution in [0.4, 0.5) is 0 Å². The van der Waals surface area contributed by atoms with E-state index in [4.69, 9.17) is 9.47 Å². The van der Waals surface area contributed by atoms with Crippen LogP contribution in [0.3, 0.4) is 0 Å². The number of carbonyl (C=O) groups excluding carboxylic acids is 1. The van der Waals surface area contributed by atoms with E-state index >= 15 is 0 Å². The molecule has 0 aromatic heterocycles. The van der Waals surface area contributed by atoms with Crippen molar-refractivity contribution in [3.63, 3.8) is 0 Å². The molecule has 9 nitrogen and oxygen atoms in total. The number of unbranched alkanes of at least 4 members (excludes halogenated alkanes) is 30. The summed E-state index contributed by atoms with van der Waals surface area (Å²) in [6.45, 7) is 3.78. The molecule has 9 heteroatoms. The molecule has 1 aliphatic rings. The zero-order valence-electron chi connectivity index (χ0n) is 36.4. The average molecular weight is 798 g/mol. The van der Waals surface area contributed by atoms with Crippen LogP contribution in [0, 0.1) is 0 Å². The monoisotopic (exact) mass is 798 g/mol. The van der Waals surface area contributed by atoms with Crippen LogP contribution < -0.4 is 5.32 Å². The summed E-state index contributed by atoms with van der Waals surface area (Å²) in [6.07, 6.45) is 36.8. The maximum atomic E-state index is 13.0. The zero-order chi connectivity index (χ0) is 40.9. The van der Waals surface area contributed by atoms with Gasteiger partial charge in [0.15, 0.2) is 6.29 Å². The fourth-order valence-corrected chi connectivity index (χ4v) is 7.75. The standard InChI is InChI=1S/C47H91NO8/c1-3-5-7-9-11-13-15-17-18-19-20-21-22-23-25-27-29-31-33-35-37-43(51)48-40(39-55-47-46(54)45(53)44(52)42(38-49)56-47)41(50)36-34-32-30-28-26-24-16-14-12-10-8-6-4-2/h34,36,40-42,44-47,49-50,52-54H,3-33,35,37-39H2,1-2H3,(H,48,51)/b36-34-/t40-,41+,42+,44-,45+,46-,47-/m0/s1. The number of ether oxygens (including phenoxy) is 2. The quantitative estimate of drug-likeness (QED) is 0.0265. The molecule has 0 bridgehead atoms. The topological polar surface area (TPSA) is 149 Å². The van der Waals surface area contributed by atoms with Crippen molar-refractivity contribution in [3.05, 3.63) is 12.2 Å². The van der Waals surface area contributed by atoms with Gasteiger partial charge in [-0.1, -0.05) is 212 Å². The fraction of sp³-hybridized carbons (Fsp3) is 0.936. The van der Waals surface area contributed by atoms with Crippen LogP contribution in [0.2, 0.25) is 0 Å². The van der Waals surface area contributed by atoms with Gasteiger partial charge in [-0.05, 0) is 19.3 Å². The van der Waals surface area contributed by atoms with Crippen molar-refractivity contribution in [1.29, 1.82) is 0 Å². The van der Waals surface area contributed by atoms with Crippen molar-refractivity contribution >= 4 is 5.91 Å². The Bertz CT molecular complexity index is 888. The smallest absolute Gasteiger partial charge is 0.220 e. The maximum Gasteiger partial charge on any atom is 0.220 e. The van der Waals surface area contributed by atoms with Gasteiger partial charge in [0.1, 0.15) is 24.4 Å². The minimum atomic E-state index is -1.56. The zero-order valence-corrected chi connectivity index (χ0v) is 36.4. The third kappa shape index (κ3) is 28.4. The number of rotatable bonds is 40. The molecular weight excluding hydrogens is 707 g/mol. The molecule has 1 saturated heterocycles. The highest BCUT2D eigenvalue weighted by molar-refractivity contribution is 5.76. The SMILES string of the molecule is CCCCCCCCCCCCC/C=C\[C@@H](O)[C@H](CO[C@H]1O[C@H](CO)[C@H](O)[C@@H](O)[C@@H]1O)NC(=O)CCCCCCCCCCCCCCCCCCCCCC. The Balaban J connectivity index is 2.29. The van der Waals surface area contributed by atoms with E-state index < -0.39 is 49.5 Å². The van der Waals surface area contributed by atoms with Crippen LogP contribution in [0.25, 0.3) is 0 Å². The van der Waals surface area contributed by atoms with Gasteiger partial charge in [0.2, 0.25) is 5.91 Å². The lowest BCUT2D eigenvalue weighted by Crippen LogP contribution is -2.60. The molecule has 1 fully saturated rings. The molecule has 0 aliphatic carbocycles. The largest absolute Gasteiger partial charge is 0.394 e. The van der Waals surface area contributed by atoms with E-state index in [1.165, 1.54) is 167 Å². The van der Waals surface area contributed by atoms with Crippen molar-refractivity contribution < 1.29 is 39.8 Å². The Hall–Kier alpha value is -1.07. The molecule has 0 aromatic carbocycles. The molecule has 1 heterocycles. The second kappa shape index (κ2) is 38.2. The van der Waals surface area contributed by atoms with Crippen LogP contribution >= 0.6 is 0 Å². The summed E-state index contributed by atoms with van der Waals surface area (Å²) < 4.78 is 11.2. The summed E-state index contributed by atoms with van der Waals surface area (Å²) in [7, 11) is 0. The summed E-state index contributed by atoms with van der Waals surface area (Å²) in [6, 6.07) is -0.798. The molecule has 1 amide bonds. The second-order valence-electron chi connectivity index (χ2n) is 16.9. The first kappa shape index (κ1) is 52.9. The number of nitrogens with one attached hydrogen (secondary N) is 1. The Morgan fingerprint density at radius 1 is 0.589 bits per heavy atom. The molecule has 0 radical (unpaired) electrons. The lowest BCUT2D eigenvalue weighted by atomic mass is 9.99. The first-order chi connectivity index (χ1) is 27.3. The van der Waals surface area contributed by atoms with Crippen molar-refractivity contribution in [3.8, 4) is 0 Å². The molecule has 7 atom stereocenters. The van der Waals surface area contributed by atoms with Gasteiger partial charge in [0.05, 0.1) is 25.4 Å². The fourth-order valence-electron chi connectivity index (χ4n) is 7.75. The molecule has 0 unspecified atom stereocenters. The molecule has 1 aliphatic heterocycles. The van der Waals surface area contributed by atoms with Gasteiger partial charge in [-0.15, -0.1) is 0 Å². The van der Waals surface area contributed by atoms with Crippen LogP contribution in [0.1, 0.15) is 226 Å². The van der Waals surface area contributed by atoms with Gasteiger partial charge in [0, 0.05) is 6.42 Å². The van der Waals surface area contributed by atoms with E-state index in [0.29, 0.717) is 6.42 Å². The highest BCUT2D eigenvalue weighted by atomic mass is 16.7. The van der Waals surface area contributed by atoms with Gasteiger partial charge < -0.3 is 40.3 Å². The van der Waals surface area contributed by atoms with Gasteiger partial charge in [-0.3, -0.25) is 4.79 Å². The molecule has 1 rings (SSSR count). The van der Waals surface area contributed by atoms with Gasteiger partial charge in [-0.25, -0.2) is 0 Å². The molecule has 0 saturated carbocycles. The lowest BCUT2D eigenvalue weighted by Gasteiger charge is -2.40. The number of carbonyl (C=O) groups is 1. The van der Waals surface area contributed by atoms with Gasteiger partial charge in [-0.2, -0.15) is 0 Å². The molecular formula is C47H91NO8. The van der Waals surface area contributed by atoms with Gasteiger partial charge >= 0.3 is 0 Å². The van der Waals surface area contributed by atoms with E-state index in [1.807, 2.05) is 6.08 Å². The minimum Gasteiger partial charge on any atom is -0.394 e. The third-order valence-corrected chi connectivity index (χ3v) is 11.6. The van der Waals surface area contributed by atoms with E-state index in [9.17, 15) is 30.3 Å². The first-order valence-corrected chi connectivity index (χ1v) is 23.9. The van der Waals surface area contributed by atoms with E-state index in [-0.39, 0.29) is 12.5 Å². The number of hydrogen-bond acceptors (Lipinski definition) is 8. The minimum absolute atomic E-state index is 0.173. The number of aliphatic hydroxyl groups is 5. The predicted molar refractivity (Wildman–Crippen MR) is 231 cm³/mol. The maximum absolute atomic E-state index is 13.0. The van der Waals surface area contributed by atoms with E-state index in [0.717, 1.165) is 38.5 Å². The average Bonchev–Trinajstić information content (AvgIpc) is 3.20. The van der Waals surface area contributed by atoms with E-state index in [1.54, 1.807) is 6.08 Å². The molecule has 6 N–H and O–H groups in total. The Morgan fingerprint density at radius 3 is 1.39 bits per heavy atom. The van der Waals surface area contributed by atoms with Crippen LogP contribution in [-0.2, 0) is 14.3 Å². The Kier molecular flexibility index (Phi) is 36.1. The number of allylic oxidation sites excluding steroid dienone is 1. The Morgan fingerprint density at radius 2 is 0.982 bits per heavy atom. The summed E-state index contributed by atoms with van der Waals surface area (Å²) in [5.74, 6) is -0.173. The molecule has 0 spiro atoms. The third-order valence-electron chi connectivity index (χ3n) is 11.6. The molecule has 56 heavy (non-hydrogen) atoms. The number of hydrogen-bond donors (Lipinski definition) is 6. The van der Waals surface area contributed by atoms with Crippen LogP contribution in [-0.4, -0.2) is 87.5 Å². The summed E-state index contributed by atoms with van der Waals surface area (Å²) >= 11 is 0. The summed E-state index contributed by atoms with van der Waals surface area (Å²) in [5.41, 5.74) is 0. The van der Waals surface area contributed by atoms with Crippen molar-refractivity contribution in [2.24, 2.45) is 0 Å².